The first-order chi connectivity index (χ1) is 9.58. The van der Waals surface area contributed by atoms with E-state index in [9.17, 15) is 10.2 Å². The van der Waals surface area contributed by atoms with Gasteiger partial charge in [0.25, 0.3) is 0 Å². The Kier molecular flexibility index (Phi) is 5.01. The Labute approximate surface area is 123 Å². The molecule has 0 aromatic heterocycles. The van der Waals surface area contributed by atoms with Crippen LogP contribution in [-0.4, -0.2) is 16.3 Å². The average molecular weight is 292 g/mol. The van der Waals surface area contributed by atoms with E-state index in [1.165, 1.54) is 0 Å². The minimum Gasteiger partial charge on any atom is -0.508 e. The molecule has 3 nitrogen and oxygen atoms in total. The van der Waals surface area contributed by atoms with Gasteiger partial charge in [-0.25, -0.2) is 0 Å². The second-order valence-electron chi connectivity index (χ2n) is 4.80. The van der Waals surface area contributed by atoms with Crippen LogP contribution in [0.3, 0.4) is 0 Å². The van der Waals surface area contributed by atoms with Gasteiger partial charge in [-0.15, -0.1) is 0 Å². The summed E-state index contributed by atoms with van der Waals surface area (Å²) in [6.07, 6.45) is -0.600. The van der Waals surface area contributed by atoms with E-state index in [0.29, 0.717) is 17.1 Å². The molecular formula is C16H18ClNO2. The van der Waals surface area contributed by atoms with Crippen LogP contribution in [0.25, 0.3) is 0 Å². The van der Waals surface area contributed by atoms with Gasteiger partial charge in [0, 0.05) is 23.2 Å². The van der Waals surface area contributed by atoms with Crippen molar-refractivity contribution in [3.8, 4) is 5.75 Å². The zero-order chi connectivity index (χ0) is 14.5. The van der Waals surface area contributed by atoms with Gasteiger partial charge in [-0.2, -0.15) is 0 Å². The summed E-state index contributed by atoms with van der Waals surface area (Å²) < 4.78 is 0. The van der Waals surface area contributed by atoms with Gasteiger partial charge in [-0.1, -0.05) is 41.9 Å². The smallest absolute Gasteiger partial charge is 0.120 e. The van der Waals surface area contributed by atoms with Gasteiger partial charge in [0.1, 0.15) is 5.75 Å². The van der Waals surface area contributed by atoms with Gasteiger partial charge in [-0.3, -0.25) is 0 Å². The molecule has 0 bridgehead atoms. The van der Waals surface area contributed by atoms with Crippen LogP contribution in [0.1, 0.15) is 24.2 Å². The Bertz CT molecular complexity index is 560. The van der Waals surface area contributed by atoms with Crippen LogP contribution in [0.15, 0.2) is 48.5 Å². The number of phenolic OH excluding ortho intramolecular Hbond substituents is 1. The molecule has 2 aromatic rings. The van der Waals surface area contributed by atoms with E-state index in [4.69, 9.17) is 11.6 Å². The number of hydrogen-bond acceptors (Lipinski definition) is 3. The molecule has 0 saturated heterocycles. The Morgan fingerprint density at radius 3 is 2.55 bits per heavy atom. The number of aliphatic hydroxyl groups is 1. The van der Waals surface area contributed by atoms with Crippen LogP contribution < -0.4 is 5.32 Å². The summed E-state index contributed by atoms with van der Waals surface area (Å²) in [6.45, 7) is 2.34. The Balaban J connectivity index is 1.98. The van der Waals surface area contributed by atoms with Gasteiger partial charge in [-0.05, 0) is 30.7 Å². The van der Waals surface area contributed by atoms with Crippen LogP contribution in [0.4, 0.5) is 0 Å². The van der Waals surface area contributed by atoms with Crippen molar-refractivity contribution >= 4 is 11.6 Å². The third-order valence-electron chi connectivity index (χ3n) is 3.27. The second-order valence-corrected chi connectivity index (χ2v) is 5.23. The highest BCUT2D eigenvalue weighted by molar-refractivity contribution is 6.30. The van der Waals surface area contributed by atoms with E-state index in [0.717, 1.165) is 5.56 Å². The lowest BCUT2D eigenvalue weighted by Gasteiger charge is -2.21. The molecule has 2 atom stereocenters. The van der Waals surface area contributed by atoms with Crippen LogP contribution >= 0.6 is 11.6 Å². The maximum Gasteiger partial charge on any atom is 0.120 e. The number of halogens is 1. The highest BCUT2D eigenvalue weighted by atomic mass is 35.5. The Hall–Kier alpha value is -1.55. The van der Waals surface area contributed by atoms with Crippen molar-refractivity contribution < 1.29 is 10.2 Å². The number of hydrogen-bond donors (Lipinski definition) is 3. The van der Waals surface area contributed by atoms with Gasteiger partial charge < -0.3 is 15.5 Å². The zero-order valence-corrected chi connectivity index (χ0v) is 12.0. The molecule has 0 fully saturated rings. The second kappa shape index (κ2) is 6.75. The molecule has 4 heteroatoms. The Morgan fingerprint density at radius 1 is 1.15 bits per heavy atom. The molecular weight excluding hydrogens is 274 g/mol. The van der Waals surface area contributed by atoms with Crippen LogP contribution in [0.2, 0.25) is 5.02 Å². The molecule has 0 amide bonds. The lowest BCUT2D eigenvalue weighted by atomic mass is 10.0. The number of benzene rings is 2. The molecule has 0 saturated carbocycles. The number of rotatable bonds is 5. The van der Waals surface area contributed by atoms with Gasteiger partial charge in [0.2, 0.25) is 0 Å². The molecule has 20 heavy (non-hydrogen) atoms. The minimum atomic E-state index is -0.600. The summed E-state index contributed by atoms with van der Waals surface area (Å²) >= 11 is 5.90. The summed E-state index contributed by atoms with van der Waals surface area (Å²) in [4.78, 5) is 0. The van der Waals surface area contributed by atoms with Crippen LogP contribution in [-0.2, 0) is 6.54 Å². The highest BCUT2D eigenvalue weighted by Gasteiger charge is 2.16. The van der Waals surface area contributed by atoms with E-state index in [2.05, 4.69) is 5.32 Å². The maximum absolute atomic E-state index is 10.2. The Morgan fingerprint density at radius 2 is 1.85 bits per heavy atom. The number of phenols is 1. The fourth-order valence-corrected chi connectivity index (χ4v) is 2.21. The quantitative estimate of drug-likeness (QED) is 0.792. The minimum absolute atomic E-state index is 0.143. The first kappa shape index (κ1) is 14.9. The van der Waals surface area contributed by atoms with Crippen LogP contribution in [0.5, 0.6) is 5.75 Å². The summed E-state index contributed by atoms with van der Waals surface area (Å²) in [5.74, 6) is 0.198. The molecule has 2 unspecified atom stereocenters. The van der Waals surface area contributed by atoms with Gasteiger partial charge in [0.15, 0.2) is 0 Å². The molecule has 0 aliphatic rings. The number of aliphatic hydroxyl groups excluding tert-OH is 1. The SMILES string of the molecule is CC(NCc1cc(Cl)ccc1O)C(O)c1ccccc1. The molecule has 0 aliphatic heterocycles. The summed E-state index contributed by atoms with van der Waals surface area (Å²) in [6, 6.07) is 14.3. The molecule has 0 aliphatic carbocycles. The van der Waals surface area contributed by atoms with Gasteiger partial charge in [0.05, 0.1) is 6.10 Å². The monoisotopic (exact) mass is 291 g/mol. The predicted octanol–water partition coefficient (Wildman–Crippen LogP) is 3.26. The van der Waals surface area contributed by atoms with E-state index >= 15 is 0 Å². The third-order valence-corrected chi connectivity index (χ3v) is 3.51. The fraction of sp³-hybridized carbons (Fsp3) is 0.250. The van der Waals surface area contributed by atoms with E-state index in [1.807, 2.05) is 37.3 Å². The van der Waals surface area contributed by atoms with Crippen molar-refractivity contribution in [2.75, 3.05) is 0 Å². The number of aromatic hydroxyl groups is 1. The molecule has 0 heterocycles. The summed E-state index contributed by atoms with van der Waals surface area (Å²) in [5.41, 5.74) is 1.58. The van der Waals surface area contributed by atoms with Crippen molar-refractivity contribution in [2.24, 2.45) is 0 Å². The normalized spacial score (nSPS) is 13.9. The number of nitrogens with one attached hydrogen (secondary N) is 1. The first-order valence-electron chi connectivity index (χ1n) is 6.51. The predicted molar refractivity (Wildman–Crippen MR) is 80.8 cm³/mol. The molecule has 0 spiro atoms. The van der Waals surface area contributed by atoms with Crippen LogP contribution in [0, 0.1) is 0 Å². The topological polar surface area (TPSA) is 52.5 Å². The van der Waals surface area contributed by atoms with Crippen molar-refractivity contribution in [1.29, 1.82) is 0 Å². The lowest BCUT2D eigenvalue weighted by Crippen LogP contribution is -2.31. The fourth-order valence-electron chi connectivity index (χ4n) is 2.02. The largest absolute Gasteiger partial charge is 0.508 e. The van der Waals surface area contributed by atoms with E-state index < -0.39 is 6.10 Å². The van der Waals surface area contributed by atoms with Gasteiger partial charge >= 0.3 is 0 Å². The highest BCUT2D eigenvalue weighted by Crippen LogP contribution is 2.22. The maximum atomic E-state index is 10.2. The summed E-state index contributed by atoms with van der Waals surface area (Å²) in [5, 5.41) is 23.8. The molecule has 2 aromatic carbocycles. The molecule has 106 valence electrons. The first-order valence-corrected chi connectivity index (χ1v) is 6.89. The molecule has 0 radical (unpaired) electrons. The molecule has 2 rings (SSSR count). The van der Waals surface area contributed by atoms with E-state index in [1.54, 1.807) is 18.2 Å². The van der Waals surface area contributed by atoms with E-state index in [-0.39, 0.29) is 11.8 Å². The van der Waals surface area contributed by atoms with Crippen molar-refractivity contribution in [2.45, 2.75) is 25.6 Å². The van der Waals surface area contributed by atoms with Crippen molar-refractivity contribution in [3.63, 3.8) is 0 Å². The average Bonchev–Trinajstić information content (AvgIpc) is 2.48. The zero-order valence-electron chi connectivity index (χ0n) is 11.3. The standard InChI is InChI=1S/C16H18ClNO2/c1-11(16(20)12-5-3-2-4-6-12)18-10-13-9-14(17)7-8-15(13)19/h2-9,11,16,18-20H,10H2,1H3. The van der Waals surface area contributed by atoms with Crippen molar-refractivity contribution in [1.82, 2.24) is 5.32 Å². The van der Waals surface area contributed by atoms with Crippen molar-refractivity contribution in [3.05, 3.63) is 64.7 Å². The molecule has 3 N–H and O–H groups in total. The lowest BCUT2D eigenvalue weighted by molar-refractivity contribution is 0.135. The third kappa shape index (κ3) is 3.73. The summed E-state index contributed by atoms with van der Waals surface area (Å²) in [7, 11) is 0.